The molecule has 1 unspecified atom stereocenters. The van der Waals surface area contributed by atoms with Crippen LogP contribution in [0.5, 0.6) is 5.75 Å². The molecule has 2 aromatic carbocycles. The minimum Gasteiger partial charge on any atom is -0.497 e. The second kappa shape index (κ2) is 8.68. The van der Waals surface area contributed by atoms with Gasteiger partial charge in [0.1, 0.15) is 5.75 Å². The Labute approximate surface area is 187 Å². The van der Waals surface area contributed by atoms with E-state index in [1.807, 2.05) is 0 Å². The molecule has 1 atom stereocenters. The molecule has 3 aromatic rings. The Hall–Kier alpha value is -3.69. The molecule has 33 heavy (non-hydrogen) atoms. The van der Waals surface area contributed by atoms with Crippen molar-refractivity contribution in [2.24, 2.45) is 0 Å². The molecule has 4 rings (SSSR count). The zero-order valence-electron chi connectivity index (χ0n) is 18.0. The summed E-state index contributed by atoms with van der Waals surface area (Å²) in [6.45, 7) is 1.78. The summed E-state index contributed by atoms with van der Waals surface area (Å²) in [5, 5.41) is 3.14. The molecule has 2 amide bonds. The quantitative estimate of drug-likeness (QED) is 0.533. The van der Waals surface area contributed by atoms with Crippen LogP contribution in [0, 0.1) is 0 Å². The highest BCUT2D eigenvalue weighted by atomic mass is 19.4. The molecule has 1 aliphatic heterocycles. The third-order valence-corrected chi connectivity index (χ3v) is 5.55. The zero-order valence-corrected chi connectivity index (χ0v) is 18.0. The summed E-state index contributed by atoms with van der Waals surface area (Å²) in [4.78, 5) is 28.2. The first-order chi connectivity index (χ1) is 15.7. The lowest BCUT2D eigenvalue weighted by Gasteiger charge is -2.36. The molecule has 1 aliphatic rings. The number of ether oxygens (including phenoxy) is 2. The highest BCUT2D eigenvalue weighted by Gasteiger charge is 2.50. The Morgan fingerprint density at radius 1 is 1.18 bits per heavy atom. The number of aromatic amines is 1. The normalized spacial score (nSPS) is 15.8. The molecule has 0 spiro atoms. The van der Waals surface area contributed by atoms with Crippen molar-refractivity contribution in [3.63, 3.8) is 0 Å². The number of benzene rings is 2. The SMILES string of the molecule is CCOC(=O)c1ccc(NC(=O)N2CCc3c([nH]c4ccc(OC)cc34)C2C(F)(F)F)cc1. The third kappa shape index (κ3) is 4.33. The minimum atomic E-state index is -4.69. The fourth-order valence-corrected chi connectivity index (χ4v) is 4.05. The van der Waals surface area contributed by atoms with Gasteiger partial charge in [-0.25, -0.2) is 9.59 Å². The van der Waals surface area contributed by atoms with Gasteiger partial charge in [-0.2, -0.15) is 13.2 Å². The number of rotatable bonds is 4. The number of nitrogens with one attached hydrogen (secondary N) is 2. The number of carbonyl (C=O) groups excluding carboxylic acids is 2. The van der Waals surface area contributed by atoms with Crippen molar-refractivity contribution in [3.05, 3.63) is 59.3 Å². The number of methoxy groups -OCH3 is 1. The number of esters is 1. The first-order valence-corrected chi connectivity index (χ1v) is 10.3. The lowest BCUT2D eigenvalue weighted by molar-refractivity contribution is -0.180. The number of alkyl halides is 3. The summed E-state index contributed by atoms with van der Waals surface area (Å²) in [6, 6.07) is 7.77. The van der Waals surface area contributed by atoms with E-state index in [1.165, 1.54) is 31.4 Å². The van der Waals surface area contributed by atoms with Gasteiger partial charge in [0.25, 0.3) is 0 Å². The number of hydrogen-bond donors (Lipinski definition) is 2. The predicted octanol–water partition coefficient (Wildman–Crippen LogP) is 5.05. The number of urea groups is 1. The van der Waals surface area contributed by atoms with Crippen molar-refractivity contribution in [2.75, 3.05) is 25.6 Å². The monoisotopic (exact) mass is 461 g/mol. The second-order valence-corrected chi connectivity index (χ2v) is 7.54. The molecule has 7 nitrogen and oxygen atoms in total. The maximum absolute atomic E-state index is 14.1. The molecule has 2 heterocycles. The fourth-order valence-electron chi connectivity index (χ4n) is 4.05. The molecule has 0 saturated carbocycles. The van der Waals surface area contributed by atoms with Crippen molar-refractivity contribution in [2.45, 2.75) is 25.6 Å². The number of H-pyrrole nitrogens is 1. The Balaban J connectivity index is 1.61. The number of anilines is 1. The molecule has 0 fully saturated rings. The molecule has 0 saturated heterocycles. The van der Waals surface area contributed by atoms with Gasteiger partial charge in [0.15, 0.2) is 6.04 Å². The van der Waals surface area contributed by atoms with Crippen LogP contribution >= 0.6 is 0 Å². The van der Waals surface area contributed by atoms with Gasteiger partial charge in [0, 0.05) is 23.1 Å². The predicted molar refractivity (Wildman–Crippen MR) is 115 cm³/mol. The highest BCUT2D eigenvalue weighted by Crippen LogP contribution is 2.44. The second-order valence-electron chi connectivity index (χ2n) is 7.54. The Bertz CT molecular complexity index is 1190. The molecule has 0 radical (unpaired) electrons. The summed E-state index contributed by atoms with van der Waals surface area (Å²) in [5.41, 5.74) is 1.56. The van der Waals surface area contributed by atoms with E-state index in [4.69, 9.17) is 9.47 Å². The first kappa shape index (κ1) is 22.5. The van der Waals surface area contributed by atoms with Crippen LogP contribution in [0.1, 0.15) is 34.6 Å². The van der Waals surface area contributed by atoms with Crippen molar-refractivity contribution in [3.8, 4) is 5.75 Å². The van der Waals surface area contributed by atoms with Crippen LogP contribution in [0.25, 0.3) is 10.9 Å². The van der Waals surface area contributed by atoms with E-state index in [0.717, 1.165) is 4.90 Å². The van der Waals surface area contributed by atoms with E-state index < -0.39 is 24.2 Å². The summed E-state index contributed by atoms with van der Waals surface area (Å²) >= 11 is 0. The van der Waals surface area contributed by atoms with Gasteiger partial charge >= 0.3 is 18.2 Å². The van der Waals surface area contributed by atoms with Crippen LogP contribution < -0.4 is 10.1 Å². The van der Waals surface area contributed by atoms with E-state index >= 15 is 0 Å². The van der Waals surface area contributed by atoms with Gasteiger partial charge < -0.3 is 24.7 Å². The molecule has 1 aromatic heterocycles. The minimum absolute atomic E-state index is 0.0511. The molecule has 10 heteroatoms. The van der Waals surface area contributed by atoms with Crippen LogP contribution in [0.4, 0.5) is 23.7 Å². The topological polar surface area (TPSA) is 83.7 Å². The van der Waals surface area contributed by atoms with E-state index in [1.54, 1.807) is 25.1 Å². The molecule has 0 aliphatic carbocycles. The smallest absolute Gasteiger partial charge is 0.414 e. The molecule has 0 bridgehead atoms. The van der Waals surface area contributed by atoms with Gasteiger partial charge in [0.05, 0.1) is 25.0 Å². The lowest BCUT2D eigenvalue weighted by Crippen LogP contribution is -2.48. The molecular formula is C23H22F3N3O4. The summed E-state index contributed by atoms with van der Waals surface area (Å²) in [7, 11) is 1.49. The number of carbonyl (C=O) groups is 2. The molecular weight excluding hydrogens is 439 g/mol. The standard InChI is InChI=1S/C23H22F3N3O4/c1-3-33-21(30)13-4-6-14(7-5-13)27-22(31)29-11-10-16-17-12-15(32-2)8-9-18(17)28-19(16)20(29)23(24,25)26/h4-9,12,20,28H,3,10-11H2,1-2H3,(H,27,31). The molecule has 174 valence electrons. The van der Waals surface area contributed by atoms with Gasteiger partial charge in [-0.05, 0) is 61.4 Å². The van der Waals surface area contributed by atoms with Crippen molar-refractivity contribution >= 4 is 28.6 Å². The van der Waals surface area contributed by atoms with E-state index in [2.05, 4.69) is 10.3 Å². The van der Waals surface area contributed by atoms with Crippen molar-refractivity contribution in [1.82, 2.24) is 9.88 Å². The summed E-state index contributed by atoms with van der Waals surface area (Å²) in [6.07, 6.45) is -4.43. The maximum Gasteiger partial charge on any atom is 0.414 e. The van der Waals surface area contributed by atoms with Crippen LogP contribution in [-0.2, 0) is 11.2 Å². The average Bonchev–Trinajstić information content (AvgIpc) is 3.15. The maximum atomic E-state index is 14.1. The average molecular weight is 461 g/mol. The number of aromatic nitrogens is 1. The van der Waals surface area contributed by atoms with Gasteiger partial charge in [-0.3, -0.25) is 0 Å². The van der Waals surface area contributed by atoms with Crippen LogP contribution in [-0.4, -0.2) is 48.3 Å². The van der Waals surface area contributed by atoms with Crippen molar-refractivity contribution in [1.29, 1.82) is 0 Å². The third-order valence-electron chi connectivity index (χ3n) is 5.55. The van der Waals surface area contributed by atoms with Crippen LogP contribution in [0.3, 0.4) is 0 Å². The number of hydrogen-bond acceptors (Lipinski definition) is 4. The first-order valence-electron chi connectivity index (χ1n) is 10.3. The Kier molecular flexibility index (Phi) is 5.92. The number of halogens is 3. The molecule has 2 N–H and O–H groups in total. The number of amides is 2. The van der Waals surface area contributed by atoms with E-state index in [9.17, 15) is 22.8 Å². The van der Waals surface area contributed by atoms with E-state index in [-0.39, 0.29) is 36.5 Å². The lowest BCUT2D eigenvalue weighted by atomic mass is 9.97. The number of fused-ring (bicyclic) bond motifs is 3. The van der Waals surface area contributed by atoms with Gasteiger partial charge in [-0.1, -0.05) is 0 Å². The van der Waals surface area contributed by atoms with Crippen molar-refractivity contribution < 1.29 is 32.2 Å². The van der Waals surface area contributed by atoms with Crippen LogP contribution in [0.2, 0.25) is 0 Å². The van der Waals surface area contributed by atoms with E-state index in [0.29, 0.717) is 22.2 Å². The summed E-state index contributed by atoms with van der Waals surface area (Å²) < 4.78 is 52.5. The fraction of sp³-hybridized carbons (Fsp3) is 0.304. The largest absolute Gasteiger partial charge is 0.497 e. The Morgan fingerprint density at radius 2 is 1.91 bits per heavy atom. The highest BCUT2D eigenvalue weighted by molar-refractivity contribution is 5.93. The number of nitrogens with zero attached hydrogens (tertiary/aromatic N) is 1. The van der Waals surface area contributed by atoms with Gasteiger partial charge in [-0.15, -0.1) is 0 Å². The van der Waals surface area contributed by atoms with Gasteiger partial charge in [0.2, 0.25) is 0 Å². The Morgan fingerprint density at radius 3 is 2.55 bits per heavy atom. The van der Waals surface area contributed by atoms with Crippen LogP contribution in [0.15, 0.2) is 42.5 Å². The summed E-state index contributed by atoms with van der Waals surface area (Å²) in [5.74, 6) is 0.0193. The zero-order chi connectivity index (χ0) is 23.8.